The van der Waals surface area contributed by atoms with Gasteiger partial charge < -0.3 is 24.8 Å². The van der Waals surface area contributed by atoms with E-state index in [-0.39, 0.29) is 27.0 Å². The van der Waals surface area contributed by atoms with Crippen LogP contribution < -0.4 is 0 Å². The van der Waals surface area contributed by atoms with E-state index in [0.717, 1.165) is 11.1 Å². The van der Waals surface area contributed by atoms with Crippen molar-refractivity contribution in [1.29, 1.82) is 0 Å². The molecule has 1 spiro atoms. The summed E-state index contributed by atoms with van der Waals surface area (Å²) in [6.07, 6.45) is -2.81. The Bertz CT molecular complexity index is 454. The number of fused-ring (bicyclic) bond motifs is 1. The van der Waals surface area contributed by atoms with Crippen molar-refractivity contribution in [3.8, 4) is 0 Å². The maximum absolute atomic E-state index is 10.1. The Kier molecular flexibility index (Phi) is 4.43. The zero-order valence-electron chi connectivity index (χ0n) is 10.1. The summed E-state index contributed by atoms with van der Waals surface area (Å²) in [5, 5.41) is 29.0. The largest absolute Gasteiger partial charge is 0.394 e. The van der Waals surface area contributed by atoms with E-state index in [4.69, 9.17) is 14.6 Å². The molecular weight excluding hydrogens is 422 g/mol. The molecule has 1 aromatic rings. The van der Waals surface area contributed by atoms with Gasteiger partial charge in [-0.25, -0.2) is 0 Å². The Morgan fingerprint density at radius 2 is 2.21 bits per heavy atom. The molecule has 105 valence electrons. The molecule has 19 heavy (non-hydrogen) atoms. The van der Waals surface area contributed by atoms with Crippen LogP contribution in [0.25, 0.3) is 0 Å². The Morgan fingerprint density at radius 3 is 2.89 bits per heavy atom. The molecular formula is C13H15O5Re-. The molecule has 0 bridgehead atoms. The van der Waals surface area contributed by atoms with Gasteiger partial charge in [0.2, 0.25) is 0 Å². The van der Waals surface area contributed by atoms with Crippen LogP contribution in [-0.4, -0.2) is 46.0 Å². The summed E-state index contributed by atoms with van der Waals surface area (Å²) in [5.41, 5.74) is 1.91. The van der Waals surface area contributed by atoms with Gasteiger partial charge >= 0.3 is 0 Å². The minimum absolute atomic E-state index is 0. The molecule has 5 nitrogen and oxygen atoms in total. The first-order valence-corrected chi connectivity index (χ1v) is 5.93. The molecule has 1 aromatic carbocycles. The van der Waals surface area contributed by atoms with Gasteiger partial charge in [0, 0.05) is 33.5 Å². The molecule has 4 atom stereocenters. The van der Waals surface area contributed by atoms with E-state index in [1.807, 2.05) is 12.1 Å². The summed E-state index contributed by atoms with van der Waals surface area (Å²) in [5.74, 6) is -1.27. The monoisotopic (exact) mass is 438 g/mol. The van der Waals surface area contributed by atoms with E-state index in [2.05, 4.69) is 6.07 Å². The minimum Gasteiger partial charge on any atom is -0.394 e. The van der Waals surface area contributed by atoms with Crippen LogP contribution in [0.2, 0.25) is 0 Å². The average molecular weight is 437 g/mol. The van der Waals surface area contributed by atoms with Gasteiger partial charge in [0.15, 0.2) is 5.79 Å². The number of hydrogen-bond donors (Lipinski definition) is 3. The van der Waals surface area contributed by atoms with Gasteiger partial charge in [-0.05, 0) is 0 Å². The fourth-order valence-electron chi connectivity index (χ4n) is 2.57. The van der Waals surface area contributed by atoms with Crippen molar-refractivity contribution in [2.45, 2.75) is 37.1 Å². The number of aliphatic hydroxyl groups excluding tert-OH is 3. The van der Waals surface area contributed by atoms with Crippen LogP contribution in [0, 0.1) is 6.07 Å². The third kappa shape index (κ3) is 2.39. The molecule has 1 fully saturated rings. The van der Waals surface area contributed by atoms with Crippen LogP contribution in [-0.2, 0) is 42.9 Å². The first-order chi connectivity index (χ1) is 8.66. The van der Waals surface area contributed by atoms with Gasteiger partial charge in [-0.15, -0.1) is 5.56 Å². The van der Waals surface area contributed by atoms with Crippen LogP contribution in [0.3, 0.4) is 0 Å². The minimum atomic E-state index is -1.27. The number of ether oxygens (including phenoxy) is 2. The van der Waals surface area contributed by atoms with E-state index < -0.39 is 24.1 Å². The number of rotatable bonds is 1. The Labute approximate surface area is 124 Å². The van der Waals surface area contributed by atoms with Gasteiger partial charge in [0.1, 0.15) is 18.3 Å². The molecule has 2 aliphatic rings. The zero-order valence-corrected chi connectivity index (χ0v) is 12.8. The van der Waals surface area contributed by atoms with Crippen LogP contribution in [0.1, 0.15) is 11.1 Å². The van der Waals surface area contributed by atoms with Crippen molar-refractivity contribution in [1.82, 2.24) is 0 Å². The van der Waals surface area contributed by atoms with Crippen molar-refractivity contribution in [3.63, 3.8) is 0 Å². The third-order valence-electron chi connectivity index (χ3n) is 3.62. The van der Waals surface area contributed by atoms with E-state index in [1.54, 1.807) is 6.07 Å². The molecule has 0 saturated carbocycles. The smallest absolute Gasteiger partial charge is 0.199 e. The SMILES string of the molecule is OC[C@H]1O[C@]2(Cc3[c-]cccc3CO2)[C@@H](O)[C@@H]1O.[Re]. The fourth-order valence-corrected chi connectivity index (χ4v) is 2.57. The third-order valence-corrected chi connectivity index (χ3v) is 3.62. The molecule has 2 aliphatic heterocycles. The van der Waals surface area contributed by atoms with Gasteiger partial charge in [-0.1, -0.05) is 0 Å². The second kappa shape index (κ2) is 5.59. The maximum Gasteiger partial charge on any atom is 0.199 e. The van der Waals surface area contributed by atoms with Gasteiger partial charge in [-0.2, -0.15) is 29.8 Å². The van der Waals surface area contributed by atoms with Crippen molar-refractivity contribution >= 4 is 0 Å². The Balaban J connectivity index is 0.00000133. The van der Waals surface area contributed by atoms with Crippen molar-refractivity contribution in [2.75, 3.05) is 6.61 Å². The molecule has 6 heteroatoms. The van der Waals surface area contributed by atoms with E-state index in [1.165, 1.54) is 0 Å². The number of benzene rings is 1. The summed E-state index contributed by atoms with van der Waals surface area (Å²) in [4.78, 5) is 0. The standard InChI is InChI=1S/C13H15O5.Re/c14-6-10-11(15)12(16)13(18-10)5-8-3-1-2-4-9(8)7-17-13;/h1-2,4,10-12,14-16H,5-7H2;/q-1;/t10-,11-,12+,13-;/m1./s1. The quantitative estimate of drug-likeness (QED) is 0.510. The average Bonchev–Trinajstić information content (AvgIpc) is 2.64. The topological polar surface area (TPSA) is 79.2 Å². The second-order valence-electron chi connectivity index (χ2n) is 4.73. The molecule has 1 saturated heterocycles. The Morgan fingerprint density at radius 1 is 1.42 bits per heavy atom. The predicted octanol–water partition coefficient (Wildman–Crippen LogP) is -0.634. The Hall–Kier alpha value is -0.318. The van der Waals surface area contributed by atoms with Crippen molar-refractivity contribution in [3.05, 3.63) is 35.4 Å². The van der Waals surface area contributed by atoms with E-state index in [9.17, 15) is 10.2 Å². The summed E-state index contributed by atoms with van der Waals surface area (Å²) in [6.45, 7) is -0.0523. The summed E-state index contributed by atoms with van der Waals surface area (Å²) in [6, 6.07) is 8.69. The zero-order chi connectivity index (χ0) is 12.8. The van der Waals surface area contributed by atoms with E-state index in [0.29, 0.717) is 13.0 Å². The molecule has 0 aliphatic carbocycles. The van der Waals surface area contributed by atoms with Crippen LogP contribution in [0.4, 0.5) is 0 Å². The maximum atomic E-state index is 10.1. The summed E-state index contributed by atoms with van der Waals surface area (Å²) >= 11 is 0. The molecule has 0 unspecified atom stereocenters. The number of aliphatic hydroxyl groups is 3. The molecule has 3 N–H and O–H groups in total. The first-order valence-electron chi connectivity index (χ1n) is 5.93. The normalized spacial score (nSPS) is 36.9. The molecule has 2 heterocycles. The molecule has 1 radical (unpaired) electrons. The second-order valence-corrected chi connectivity index (χ2v) is 4.73. The summed E-state index contributed by atoms with van der Waals surface area (Å²) < 4.78 is 11.1. The predicted molar refractivity (Wildman–Crippen MR) is 60.5 cm³/mol. The van der Waals surface area contributed by atoms with Crippen LogP contribution >= 0.6 is 0 Å². The van der Waals surface area contributed by atoms with Gasteiger partial charge in [0.05, 0.1) is 6.61 Å². The van der Waals surface area contributed by atoms with Gasteiger partial charge in [-0.3, -0.25) is 0 Å². The molecule has 0 aromatic heterocycles. The molecule has 3 rings (SSSR count). The molecule has 0 amide bonds. The van der Waals surface area contributed by atoms with Crippen LogP contribution in [0.15, 0.2) is 18.2 Å². The summed E-state index contributed by atoms with van der Waals surface area (Å²) in [7, 11) is 0. The van der Waals surface area contributed by atoms with Crippen molar-refractivity contribution < 1.29 is 45.2 Å². The fraction of sp³-hybridized carbons (Fsp3) is 0.538. The van der Waals surface area contributed by atoms with Crippen LogP contribution in [0.5, 0.6) is 0 Å². The van der Waals surface area contributed by atoms with Gasteiger partial charge in [0.25, 0.3) is 0 Å². The van der Waals surface area contributed by atoms with E-state index >= 15 is 0 Å². The first kappa shape index (κ1) is 15.1. The number of hydrogen-bond acceptors (Lipinski definition) is 5. The van der Waals surface area contributed by atoms with Crippen molar-refractivity contribution in [2.24, 2.45) is 0 Å².